The summed E-state index contributed by atoms with van der Waals surface area (Å²) >= 11 is 0. The molecule has 3 rings (SSSR count). The summed E-state index contributed by atoms with van der Waals surface area (Å²) in [5.41, 5.74) is 5.47. The molecule has 0 spiro atoms. The summed E-state index contributed by atoms with van der Waals surface area (Å²) in [7, 11) is 0. The van der Waals surface area contributed by atoms with Crippen LogP contribution in [0, 0.1) is 0 Å². The van der Waals surface area contributed by atoms with Gasteiger partial charge in [-0.2, -0.15) is 0 Å². The summed E-state index contributed by atoms with van der Waals surface area (Å²) in [5, 5.41) is 7.35. The molecule has 3 aliphatic heterocycles. The zero-order chi connectivity index (χ0) is 23.1. The molecule has 2 atom stereocenters. The van der Waals surface area contributed by atoms with Crippen molar-refractivity contribution in [1.29, 1.82) is 0 Å². The minimum absolute atomic E-state index is 0.242. The van der Waals surface area contributed by atoms with Gasteiger partial charge in [-0.3, -0.25) is 28.8 Å². The van der Waals surface area contributed by atoms with Crippen LogP contribution in [0.5, 0.6) is 0 Å². The Morgan fingerprint density at radius 1 is 0.594 bits per heavy atom. The van der Waals surface area contributed by atoms with Gasteiger partial charge in [-0.05, 0) is 38.5 Å². The number of imide groups is 2. The van der Waals surface area contributed by atoms with Gasteiger partial charge in [-0.15, -0.1) is 0 Å². The van der Waals surface area contributed by atoms with Crippen molar-refractivity contribution >= 4 is 35.4 Å². The Bertz CT molecular complexity index is 763. The lowest BCUT2D eigenvalue weighted by molar-refractivity contribution is -0.142. The van der Waals surface area contributed by atoms with E-state index in [1.165, 1.54) is 24.3 Å². The van der Waals surface area contributed by atoms with Crippen LogP contribution in [0.25, 0.3) is 0 Å². The Labute approximate surface area is 184 Å². The highest BCUT2D eigenvalue weighted by Crippen LogP contribution is 2.10. The van der Waals surface area contributed by atoms with E-state index in [0.717, 1.165) is 10.0 Å². The lowest BCUT2D eigenvalue weighted by Crippen LogP contribution is -2.61. The summed E-state index contributed by atoms with van der Waals surface area (Å²) in [5.74, 6) is -2.13. The van der Waals surface area contributed by atoms with E-state index >= 15 is 0 Å². The molecule has 32 heavy (non-hydrogen) atoms. The van der Waals surface area contributed by atoms with Gasteiger partial charge < -0.3 is 10.6 Å². The van der Waals surface area contributed by atoms with Crippen molar-refractivity contribution in [2.75, 3.05) is 13.1 Å². The number of unbranched alkanes of at least 4 members (excludes halogenated alkanes) is 2. The number of nitrogens with zero attached hydrogens (tertiary/aromatic N) is 2. The summed E-state index contributed by atoms with van der Waals surface area (Å²) in [6, 6.07) is -1.23. The van der Waals surface area contributed by atoms with Crippen molar-refractivity contribution in [3.63, 3.8) is 0 Å². The first-order valence-electron chi connectivity index (χ1n) is 10.6. The SMILES string of the molecule is O=C1NC(CCCCNN2C(=O)C=CC2=O)C(=O)NC1CCCCNN1C(=O)C=CC1=O. The average molecular weight is 446 g/mol. The minimum atomic E-state index is -0.614. The Morgan fingerprint density at radius 2 is 0.938 bits per heavy atom. The van der Waals surface area contributed by atoms with Gasteiger partial charge in [0.25, 0.3) is 23.6 Å². The fourth-order valence-corrected chi connectivity index (χ4v) is 3.52. The van der Waals surface area contributed by atoms with Crippen LogP contribution < -0.4 is 21.5 Å². The molecule has 12 nitrogen and oxygen atoms in total. The fourth-order valence-electron chi connectivity index (χ4n) is 3.52. The number of hydrogen-bond donors (Lipinski definition) is 4. The lowest BCUT2D eigenvalue weighted by Gasteiger charge is -2.29. The Hall–Kier alpha value is -3.38. The smallest absolute Gasteiger partial charge is 0.268 e. The maximum atomic E-state index is 12.3. The molecule has 3 aliphatic rings. The van der Waals surface area contributed by atoms with Crippen LogP contribution in [-0.2, 0) is 28.8 Å². The summed E-state index contributed by atoms with van der Waals surface area (Å²) in [4.78, 5) is 70.3. The first kappa shape index (κ1) is 23.3. The van der Waals surface area contributed by atoms with E-state index in [-0.39, 0.29) is 11.8 Å². The standard InChI is InChI=1S/C20H26N6O6/c27-15-7-8-16(28)25(15)21-11-3-1-5-13-19(31)24-14(20(32)23-13)6-2-4-12-22-26-17(29)9-10-18(26)30/h7-10,13-14,21-22H,1-6,11-12H2,(H,23,32)(H,24,31). The normalized spacial score (nSPS) is 22.9. The van der Waals surface area contributed by atoms with Crippen LogP contribution in [0.2, 0.25) is 0 Å². The molecule has 1 fully saturated rings. The molecule has 0 aliphatic carbocycles. The van der Waals surface area contributed by atoms with E-state index in [1.807, 2.05) is 0 Å². The molecule has 0 aromatic heterocycles. The monoisotopic (exact) mass is 446 g/mol. The summed E-state index contributed by atoms with van der Waals surface area (Å²) in [6.07, 6.45) is 8.13. The second-order valence-electron chi connectivity index (χ2n) is 7.62. The highest BCUT2D eigenvalue weighted by Gasteiger charge is 2.32. The number of hydrogen-bond acceptors (Lipinski definition) is 8. The van der Waals surface area contributed by atoms with E-state index < -0.39 is 35.7 Å². The molecule has 0 radical (unpaired) electrons. The molecule has 1 saturated heterocycles. The van der Waals surface area contributed by atoms with Crippen molar-refractivity contribution in [3.8, 4) is 0 Å². The molecular formula is C20H26N6O6. The lowest BCUT2D eigenvalue weighted by atomic mass is 10.0. The topological polar surface area (TPSA) is 157 Å². The first-order chi connectivity index (χ1) is 15.4. The van der Waals surface area contributed by atoms with Crippen molar-refractivity contribution in [2.24, 2.45) is 0 Å². The first-order valence-corrected chi connectivity index (χ1v) is 10.6. The number of hydrazine groups is 2. The van der Waals surface area contributed by atoms with Gasteiger partial charge in [0.15, 0.2) is 0 Å². The van der Waals surface area contributed by atoms with E-state index in [2.05, 4.69) is 21.5 Å². The van der Waals surface area contributed by atoms with Gasteiger partial charge in [-0.25, -0.2) is 20.9 Å². The zero-order valence-electron chi connectivity index (χ0n) is 17.5. The van der Waals surface area contributed by atoms with Crippen LogP contribution in [0.1, 0.15) is 38.5 Å². The third-order valence-corrected chi connectivity index (χ3v) is 5.26. The second kappa shape index (κ2) is 10.8. The highest BCUT2D eigenvalue weighted by atomic mass is 16.2. The second-order valence-corrected chi connectivity index (χ2v) is 7.62. The third-order valence-electron chi connectivity index (χ3n) is 5.26. The molecule has 0 aromatic carbocycles. The van der Waals surface area contributed by atoms with E-state index in [9.17, 15) is 28.8 Å². The predicted molar refractivity (Wildman–Crippen MR) is 110 cm³/mol. The van der Waals surface area contributed by atoms with Crippen LogP contribution in [0.3, 0.4) is 0 Å². The van der Waals surface area contributed by atoms with Gasteiger partial charge in [-0.1, -0.05) is 0 Å². The van der Waals surface area contributed by atoms with Gasteiger partial charge in [0.2, 0.25) is 11.8 Å². The van der Waals surface area contributed by atoms with Gasteiger partial charge in [0.1, 0.15) is 12.1 Å². The fraction of sp³-hybridized carbons (Fsp3) is 0.500. The Balaban J connectivity index is 1.27. The maximum absolute atomic E-state index is 12.3. The van der Waals surface area contributed by atoms with Gasteiger partial charge >= 0.3 is 0 Å². The molecule has 2 unspecified atom stereocenters. The molecule has 4 N–H and O–H groups in total. The van der Waals surface area contributed by atoms with Crippen LogP contribution in [0.4, 0.5) is 0 Å². The number of rotatable bonds is 12. The maximum Gasteiger partial charge on any atom is 0.268 e. The molecule has 6 amide bonds. The zero-order valence-corrected chi connectivity index (χ0v) is 17.5. The molecule has 3 heterocycles. The van der Waals surface area contributed by atoms with Gasteiger partial charge in [0, 0.05) is 37.4 Å². The molecule has 0 aromatic rings. The van der Waals surface area contributed by atoms with Crippen molar-refractivity contribution in [1.82, 2.24) is 31.5 Å². The van der Waals surface area contributed by atoms with Crippen LogP contribution in [-0.4, -0.2) is 70.6 Å². The van der Waals surface area contributed by atoms with Crippen molar-refractivity contribution < 1.29 is 28.8 Å². The molecule has 12 heteroatoms. The summed E-state index contributed by atoms with van der Waals surface area (Å²) in [6.45, 7) is 0.783. The predicted octanol–water partition coefficient (Wildman–Crippen LogP) is -1.83. The molecular weight excluding hydrogens is 420 g/mol. The highest BCUT2D eigenvalue weighted by molar-refractivity contribution is 6.12. The molecule has 0 saturated carbocycles. The average Bonchev–Trinajstić information content (AvgIpc) is 3.25. The third kappa shape index (κ3) is 5.86. The van der Waals surface area contributed by atoms with E-state index in [4.69, 9.17) is 0 Å². The number of piperazine rings is 1. The summed E-state index contributed by atoms with van der Waals surface area (Å²) < 4.78 is 0. The van der Waals surface area contributed by atoms with Crippen molar-refractivity contribution in [2.45, 2.75) is 50.6 Å². The van der Waals surface area contributed by atoms with E-state index in [0.29, 0.717) is 51.6 Å². The largest absolute Gasteiger partial charge is 0.343 e. The Morgan fingerprint density at radius 3 is 1.28 bits per heavy atom. The van der Waals surface area contributed by atoms with Crippen LogP contribution >= 0.6 is 0 Å². The quantitative estimate of drug-likeness (QED) is 0.201. The number of carbonyl (C=O) groups excluding carboxylic acids is 6. The molecule has 172 valence electrons. The minimum Gasteiger partial charge on any atom is -0.343 e. The van der Waals surface area contributed by atoms with Crippen molar-refractivity contribution in [3.05, 3.63) is 24.3 Å². The van der Waals surface area contributed by atoms with Crippen LogP contribution in [0.15, 0.2) is 24.3 Å². The number of nitrogens with one attached hydrogen (secondary N) is 4. The van der Waals surface area contributed by atoms with Gasteiger partial charge in [0.05, 0.1) is 0 Å². The Kier molecular flexibility index (Phi) is 7.84. The van der Waals surface area contributed by atoms with E-state index in [1.54, 1.807) is 0 Å². The number of amides is 6. The molecule has 0 bridgehead atoms. The number of carbonyl (C=O) groups is 6.